The van der Waals surface area contributed by atoms with Crippen molar-refractivity contribution in [2.24, 2.45) is 10.9 Å². The Labute approximate surface area is 96.0 Å². The lowest BCUT2D eigenvalue weighted by Crippen LogP contribution is -2.43. The number of aliphatic imine (C=N–C) groups is 1. The van der Waals surface area contributed by atoms with Crippen molar-refractivity contribution in [3.8, 4) is 0 Å². The fourth-order valence-electron chi connectivity index (χ4n) is 2.58. The molecule has 1 fully saturated rings. The molecule has 2 aliphatic heterocycles. The first-order valence-corrected chi connectivity index (χ1v) is 5.98. The Morgan fingerprint density at radius 3 is 3.25 bits per heavy atom. The van der Waals surface area contributed by atoms with Crippen LogP contribution in [0.15, 0.2) is 41.1 Å². The van der Waals surface area contributed by atoms with Crippen LogP contribution in [-0.4, -0.2) is 31.4 Å². The molecular weight excluding hydrogens is 198 g/mol. The average Bonchev–Trinajstić information content (AvgIpc) is 2.82. The lowest BCUT2D eigenvalue weighted by Gasteiger charge is -2.30. The lowest BCUT2D eigenvalue weighted by atomic mass is 9.86. The van der Waals surface area contributed by atoms with E-state index in [0.717, 1.165) is 13.1 Å². The third kappa shape index (κ3) is 1.88. The molecule has 3 nitrogen and oxygen atoms in total. The molecule has 1 saturated heterocycles. The number of nitrogens with zero attached hydrogens (tertiary/aromatic N) is 1. The van der Waals surface area contributed by atoms with Crippen LogP contribution in [0.1, 0.15) is 6.42 Å². The highest BCUT2D eigenvalue weighted by molar-refractivity contribution is 5.82. The van der Waals surface area contributed by atoms with E-state index in [0.29, 0.717) is 18.0 Å². The minimum atomic E-state index is 0.424. The molecule has 3 heteroatoms. The van der Waals surface area contributed by atoms with E-state index in [-0.39, 0.29) is 0 Å². The summed E-state index contributed by atoms with van der Waals surface area (Å²) in [5, 5.41) is 7.10. The molecule has 0 aromatic carbocycles. The molecule has 0 saturated carbocycles. The maximum absolute atomic E-state index is 4.18. The Hall–Kier alpha value is -1.19. The Morgan fingerprint density at radius 2 is 2.38 bits per heavy atom. The van der Waals surface area contributed by atoms with E-state index in [4.69, 9.17) is 0 Å². The van der Waals surface area contributed by atoms with Gasteiger partial charge in [0.05, 0.1) is 0 Å². The predicted octanol–water partition coefficient (Wildman–Crippen LogP) is 1.02. The van der Waals surface area contributed by atoms with Crippen molar-refractivity contribution in [1.82, 2.24) is 10.6 Å². The maximum atomic E-state index is 4.18. The highest BCUT2D eigenvalue weighted by atomic mass is 15.0. The van der Waals surface area contributed by atoms with E-state index in [9.17, 15) is 0 Å². The molecule has 0 aromatic heterocycles. The SMILES string of the molecule is C1=CC(NC2CCNC2)C2C=CN=CC2=C1. The predicted molar refractivity (Wildman–Crippen MR) is 66.5 cm³/mol. The van der Waals surface area contributed by atoms with Crippen LogP contribution in [0.5, 0.6) is 0 Å². The van der Waals surface area contributed by atoms with Crippen molar-refractivity contribution in [1.29, 1.82) is 0 Å². The molecule has 3 atom stereocenters. The summed E-state index contributed by atoms with van der Waals surface area (Å²) >= 11 is 0. The van der Waals surface area contributed by atoms with E-state index < -0.39 is 0 Å². The van der Waals surface area contributed by atoms with Gasteiger partial charge in [-0.25, -0.2) is 0 Å². The molecule has 0 amide bonds. The fourth-order valence-corrected chi connectivity index (χ4v) is 2.58. The van der Waals surface area contributed by atoms with Gasteiger partial charge < -0.3 is 10.6 Å². The summed E-state index contributed by atoms with van der Waals surface area (Å²) in [5.74, 6) is 0.461. The molecule has 0 bridgehead atoms. The number of rotatable bonds is 2. The first-order valence-electron chi connectivity index (χ1n) is 5.98. The van der Waals surface area contributed by atoms with Crippen LogP contribution in [0.3, 0.4) is 0 Å². The van der Waals surface area contributed by atoms with E-state index in [1.807, 2.05) is 12.4 Å². The molecule has 2 N–H and O–H groups in total. The normalized spacial score (nSPS) is 36.2. The monoisotopic (exact) mass is 215 g/mol. The largest absolute Gasteiger partial charge is 0.315 e. The fraction of sp³-hybridized carbons (Fsp3) is 0.462. The van der Waals surface area contributed by atoms with E-state index in [2.05, 4.69) is 39.9 Å². The highest BCUT2D eigenvalue weighted by Crippen LogP contribution is 2.24. The lowest BCUT2D eigenvalue weighted by molar-refractivity contribution is 0.449. The van der Waals surface area contributed by atoms with Crippen molar-refractivity contribution in [3.63, 3.8) is 0 Å². The van der Waals surface area contributed by atoms with Gasteiger partial charge in [-0.1, -0.05) is 24.3 Å². The van der Waals surface area contributed by atoms with Crippen LogP contribution >= 0.6 is 0 Å². The van der Waals surface area contributed by atoms with Crippen molar-refractivity contribution in [2.45, 2.75) is 18.5 Å². The smallest absolute Gasteiger partial charge is 0.0361 e. The van der Waals surface area contributed by atoms with Gasteiger partial charge in [0.15, 0.2) is 0 Å². The van der Waals surface area contributed by atoms with Gasteiger partial charge in [0, 0.05) is 37.0 Å². The van der Waals surface area contributed by atoms with Gasteiger partial charge in [-0.15, -0.1) is 0 Å². The van der Waals surface area contributed by atoms with Crippen LogP contribution < -0.4 is 10.6 Å². The van der Waals surface area contributed by atoms with Crippen LogP contribution in [0.2, 0.25) is 0 Å². The van der Waals surface area contributed by atoms with Crippen LogP contribution in [0.4, 0.5) is 0 Å². The highest BCUT2D eigenvalue weighted by Gasteiger charge is 2.26. The Bertz CT molecular complexity index is 373. The van der Waals surface area contributed by atoms with Gasteiger partial charge in [0.25, 0.3) is 0 Å². The van der Waals surface area contributed by atoms with Crippen molar-refractivity contribution < 1.29 is 0 Å². The molecule has 2 heterocycles. The third-order valence-corrected chi connectivity index (χ3v) is 3.47. The number of fused-ring (bicyclic) bond motifs is 1. The zero-order valence-electron chi connectivity index (χ0n) is 9.26. The van der Waals surface area contributed by atoms with Gasteiger partial charge in [0.2, 0.25) is 0 Å². The molecule has 0 spiro atoms. The second kappa shape index (κ2) is 4.36. The van der Waals surface area contributed by atoms with Crippen LogP contribution in [0, 0.1) is 5.92 Å². The van der Waals surface area contributed by atoms with Gasteiger partial charge in [-0.2, -0.15) is 0 Å². The molecule has 0 radical (unpaired) electrons. The minimum absolute atomic E-state index is 0.424. The minimum Gasteiger partial charge on any atom is -0.315 e. The summed E-state index contributed by atoms with van der Waals surface area (Å²) in [6, 6.07) is 1.04. The summed E-state index contributed by atoms with van der Waals surface area (Å²) in [6.45, 7) is 2.23. The Morgan fingerprint density at radius 1 is 1.38 bits per heavy atom. The first-order chi connectivity index (χ1) is 7.93. The topological polar surface area (TPSA) is 36.4 Å². The second-order valence-electron chi connectivity index (χ2n) is 4.58. The average molecular weight is 215 g/mol. The molecule has 1 aliphatic carbocycles. The number of allylic oxidation sites excluding steroid dienone is 2. The third-order valence-electron chi connectivity index (χ3n) is 3.47. The Kier molecular flexibility index (Phi) is 2.72. The number of nitrogens with one attached hydrogen (secondary N) is 2. The van der Waals surface area contributed by atoms with Crippen LogP contribution in [0.25, 0.3) is 0 Å². The summed E-state index contributed by atoms with van der Waals surface area (Å²) in [7, 11) is 0. The van der Waals surface area contributed by atoms with Crippen LogP contribution in [-0.2, 0) is 0 Å². The molecule has 3 rings (SSSR count). The standard InChI is InChI=1S/C13H17N3/c1-2-10-8-14-7-5-12(10)13(3-1)16-11-4-6-15-9-11/h1-3,5,7-8,11-13,15-16H,4,6,9H2. The van der Waals surface area contributed by atoms with Gasteiger partial charge in [0.1, 0.15) is 0 Å². The summed E-state index contributed by atoms with van der Waals surface area (Å²) < 4.78 is 0. The van der Waals surface area contributed by atoms with Gasteiger partial charge in [-0.05, 0) is 18.5 Å². The van der Waals surface area contributed by atoms with E-state index in [1.165, 1.54) is 12.0 Å². The van der Waals surface area contributed by atoms with E-state index in [1.54, 1.807) is 0 Å². The quantitative estimate of drug-likeness (QED) is 0.721. The van der Waals surface area contributed by atoms with Crippen molar-refractivity contribution >= 4 is 6.21 Å². The summed E-state index contributed by atoms with van der Waals surface area (Å²) in [5.41, 5.74) is 1.31. The van der Waals surface area contributed by atoms with E-state index >= 15 is 0 Å². The summed E-state index contributed by atoms with van der Waals surface area (Å²) in [6.07, 6.45) is 13.8. The number of hydrogen-bond acceptors (Lipinski definition) is 3. The van der Waals surface area contributed by atoms with Crippen molar-refractivity contribution in [3.05, 3.63) is 36.1 Å². The molecule has 16 heavy (non-hydrogen) atoms. The zero-order chi connectivity index (χ0) is 10.8. The van der Waals surface area contributed by atoms with Gasteiger partial charge in [-0.3, -0.25) is 4.99 Å². The molecule has 3 aliphatic rings. The maximum Gasteiger partial charge on any atom is 0.0361 e. The number of hydrogen-bond donors (Lipinski definition) is 2. The van der Waals surface area contributed by atoms with Crippen molar-refractivity contribution in [2.75, 3.05) is 13.1 Å². The molecule has 3 unspecified atom stereocenters. The molecule has 84 valence electrons. The molecule has 0 aromatic rings. The second-order valence-corrected chi connectivity index (χ2v) is 4.58. The molecular formula is C13H17N3. The van der Waals surface area contributed by atoms with Gasteiger partial charge >= 0.3 is 0 Å². The first kappa shape index (κ1) is 10.00. The Balaban J connectivity index is 1.71. The summed E-state index contributed by atoms with van der Waals surface area (Å²) in [4.78, 5) is 4.18. The zero-order valence-corrected chi connectivity index (χ0v) is 9.26.